The second-order valence-corrected chi connectivity index (χ2v) is 7.01. The van der Waals surface area contributed by atoms with Crippen LogP contribution in [0.1, 0.15) is 43.2 Å². The van der Waals surface area contributed by atoms with Gasteiger partial charge in [-0.25, -0.2) is 10.9 Å². The maximum atomic E-state index is 12.7. The molecule has 2 aromatic carbocycles. The van der Waals surface area contributed by atoms with Crippen LogP contribution in [-0.4, -0.2) is 43.4 Å². The van der Waals surface area contributed by atoms with Gasteiger partial charge in [-0.15, -0.1) is 0 Å². The number of aromatic amines is 1. The quantitative estimate of drug-likeness (QED) is 0.363. The average Bonchev–Trinajstić information content (AvgIpc) is 3.13. The van der Waals surface area contributed by atoms with E-state index in [0.29, 0.717) is 33.9 Å². The second kappa shape index (κ2) is 10.8. The highest BCUT2D eigenvalue weighted by molar-refractivity contribution is 6.03. The first-order valence-electron chi connectivity index (χ1n) is 10.1. The zero-order valence-corrected chi connectivity index (χ0v) is 18.8. The number of benzene rings is 2. The van der Waals surface area contributed by atoms with Crippen molar-refractivity contribution in [1.82, 2.24) is 15.8 Å². The summed E-state index contributed by atoms with van der Waals surface area (Å²) in [6.45, 7) is 3.39. The van der Waals surface area contributed by atoms with Crippen LogP contribution in [0.2, 0.25) is 0 Å². The smallest absolute Gasteiger partial charge is 0.288 e. The molecule has 1 heterocycles. The summed E-state index contributed by atoms with van der Waals surface area (Å²) in [7, 11) is 3.12. The number of para-hydroxylation sites is 2. The highest BCUT2D eigenvalue weighted by Gasteiger charge is 2.21. The van der Waals surface area contributed by atoms with Crippen LogP contribution in [0.15, 0.2) is 58.7 Å². The van der Waals surface area contributed by atoms with Gasteiger partial charge < -0.3 is 14.5 Å². The number of hydrogen-bond donors (Lipinski definition) is 3. The van der Waals surface area contributed by atoms with E-state index in [1.54, 1.807) is 40.2 Å². The summed E-state index contributed by atoms with van der Waals surface area (Å²) >= 11 is 0. The maximum absolute atomic E-state index is 12.7. The van der Waals surface area contributed by atoms with E-state index in [4.69, 9.17) is 9.47 Å². The molecule has 0 unspecified atom stereocenters. The Morgan fingerprint density at radius 2 is 1.30 bits per heavy atom. The van der Waals surface area contributed by atoms with Gasteiger partial charge in [-0.2, -0.15) is 10.2 Å². The molecule has 0 spiro atoms. The number of amides is 2. The predicted molar refractivity (Wildman–Crippen MR) is 126 cm³/mol. The number of H-pyrrole nitrogens is 1. The number of aromatic nitrogens is 1. The number of carbonyl (C=O) groups excluding carboxylic acids is 2. The maximum Gasteiger partial charge on any atom is 0.288 e. The molecule has 3 N–H and O–H groups in total. The van der Waals surface area contributed by atoms with Gasteiger partial charge in [0.15, 0.2) is 0 Å². The van der Waals surface area contributed by atoms with Crippen LogP contribution in [0.4, 0.5) is 0 Å². The Balaban J connectivity index is 1.69. The largest absolute Gasteiger partial charge is 0.496 e. The molecule has 0 aliphatic rings. The van der Waals surface area contributed by atoms with Gasteiger partial charge in [0, 0.05) is 16.8 Å². The summed E-state index contributed by atoms with van der Waals surface area (Å²) < 4.78 is 10.5. The van der Waals surface area contributed by atoms with Crippen LogP contribution in [0.3, 0.4) is 0 Å². The van der Waals surface area contributed by atoms with Crippen molar-refractivity contribution in [3.63, 3.8) is 0 Å². The van der Waals surface area contributed by atoms with Crippen molar-refractivity contribution in [2.24, 2.45) is 10.2 Å². The normalized spacial score (nSPS) is 11.0. The van der Waals surface area contributed by atoms with Crippen LogP contribution in [0.5, 0.6) is 11.5 Å². The molecule has 3 aromatic rings. The zero-order chi connectivity index (χ0) is 23.8. The number of nitrogens with one attached hydrogen (secondary N) is 3. The molecule has 1 aromatic heterocycles. The van der Waals surface area contributed by atoms with Gasteiger partial charge in [-0.05, 0) is 43.7 Å². The Morgan fingerprint density at radius 3 is 1.82 bits per heavy atom. The van der Waals surface area contributed by atoms with Gasteiger partial charge in [0.1, 0.15) is 17.2 Å². The van der Waals surface area contributed by atoms with Crippen molar-refractivity contribution >= 4 is 24.2 Å². The fourth-order valence-electron chi connectivity index (χ4n) is 3.30. The molecule has 33 heavy (non-hydrogen) atoms. The number of rotatable bonds is 8. The van der Waals surface area contributed by atoms with Crippen LogP contribution in [0.25, 0.3) is 0 Å². The van der Waals surface area contributed by atoms with Crippen molar-refractivity contribution in [2.45, 2.75) is 13.8 Å². The third-order valence-electron chi connectivity index (χ3n) is 4.91. The molecule has 0 atom stereocenters. The lowest BCUT2D eigenvalue weighted by molar-refractivity contribution is 0.0948. The second-order valence-electron chi connectivity index (χ2n) is 7.01. The van der Waals surface area contributed by atoms with Gasteiger partial charge in [0.25, 0.3) is 11.8 Å². The molecule has 9 heteroatoms. The molecule has 170 valence electrons. The first kappa shape index (κ1) is 23.3. The summed E-state index contributed by atoms with van der Waals surface area (Å²) in [5.41, 5.74) is 7.99. The highest BCUT2D eigenvalue weighted by atomic mass is 16.5. The van der Waals surface area contributed by atoms with Gasteiger partial charge in [0.2, 0.25) is 0 Å². The van der Waals surface area contributed by atoms with E-state index in [2.05, 4.69) is 26.0 Å². The fourth-order valence-corrected chi connectivity index (χ4v) is 3.30. The SMILES string of the molecule is COc1ccccc1/C=N\NC(=O)c1[nH]c(C)c(C(=O)N/N=C\c2ccccc2OC)c1C. The molecular weight excluding hydrogens is 422 g/mol. The molecule has 0 aliphatic heterocycles. The van der Waals surface area contributed by atoms with Gasteiger partial charge in [0.05, 0.1) is 32.2 Å². The first-order chi connectivity index (χ1) is 16.0. The molecule has 3 rings (SSSR count). The van der Waals surface area contributed by atoms with Crippen molar-refractivity contribution in [3.8, 4) is 11.5 Å². The third-order valence-corrected chi connectivity index (χ3v) is 4.91. The van der Waals surface area contributed by atoms with E-state index in [-0.39, 0.29) is 5.69 Å². The van der Waals surface area contributed by atoms with Crippen molar-refractivity contribution in [2.75, 3.05) is 14.2 Å². The van der Waals surface area contributed by atoms with Crippen molar-refractivity contribution in [3.05, 3.63) is 82.2 Å². The monoisotopic (exact) mass is 447 g/mol. The fraction of sp³-hybridized carbons (Fsp3) is 0.167. The van der Waals surface area contributed by atoms with E-state index >= 15 is 0 Å². The Morgan fingerprint density at radius 1 is 0.818 bits per heavy atom. The number of nitrogens with zero attached hydrogens (tertiary/aromatic N) is 2. The molecule has 0 radical (unpaired) electrons. The number of aryl methyl sites for hydroxylation is 1. The van der Waals surface area contributed by atoms with E-state index < -0.39 is 11.8 Å². The number of carbonyl (C=O) groups is 2. The lowest BCUT2D eigenvalue weighted by Gasteiger charge is -2.04. The van der Waals surface area contributed by atoms with Crippen LogP contribution in [-0.2, 0) is 0 Å². The number of ether oxygens (including phenoxy) is 2. The number of methoxy groups -OCH3 is 2. The Kier molecular flexibility index (Phi) is 7.59. The van der Waals surface area contributed by atoms with Gasteiger partial charge in [-0.1, -0.05) is 24.3 Å². The highest BCUT2D eigenvalue weighted by Crippen LogP contribution is 2.19. The standard InChI is InChI=1S/C24H25N5O4/c1-15-21(23(30)28-25-13-17-9-5-7-11-19(17)32-3)16(2)27-22(15)24(31)29-26-14-18-10-6-8-12-20(18)33-4/h5-14,27H,1-4H3,(H,28,30)(H,29,31)/b25-13-,26-14-. The predicted octanol–water partition coefficient (Wildman–Crippen LogP) is 3.18. The van der Waals surface area contributed by atoms with Crippen LogP contribution in [0, 0.1) is 13.8 Å². The molecular formula is C24H25N5O4. The average molecular weight is 447 g/mol. The molecule has 9 nitrogen and oxygen atoms in total. The molecule has 0 aliphatic carbocycles. The zero-order valence-electron chi connectivity index (χ0n) is 18.8. The first-order valence-corrected chi connectivity index (χ1v) is 10.1. The molecule has 0 bridgehead atoms. The topological polar surface area (TPSA) is 117 Å². The lowest BCUT2D eigenvalue weighted by atomic mass is 10.1. The minimum atomic E-state index is -0.474. The summed E-state index contributed by atoms with van der Waals surface area (Å²) in [6, 6.07) is 14.6. The summed E-state index contributed by atoms with van der Waals surface area (Å²) in [5.74, 6) is 0.356. The minimum Gasteiger partial charge on any atom is -0.496 e. The molecule has 0 fully saturated rings. The van der Waals surface area contributed by atoms with Crippen molar-refractivity contribution in [1.29, 1.82) is 0 Å². The Hall–Kier alpha value is -4.40. The Bertz CT molecular complexity index is 1210. The molecule has 0 saturated carbocycles. The Labute approximate surface area is 191 Å². The lowest BCUT2D eigenvalue weighted by Crippen LogP contribution is -2.21. The summed E-state index contributed by atoms with van der Waals surface area (Å²) in [4.78, 5) is 28.2. The number of hydrogen-bond acceptors (Lipinski definition) is 6. The molecule has 2 amide bonds. The van der Waals surface area contributed by atoms with Gasteiger partial charge in [-0.3, -0.25) is 9.59 Å². The molecule has 0 saturated heterocycles. The summed E-state index contributed by atoms with van der Waals surface area (Å²) in [6.07, 6.45) is 2.98. The number of hydrazone groups is 2. The van der Waals surface area contributed by atoms with E-state index in [1.165, 1.54) is 12.4 Å². The van der Waals surface area contributed by atoms with Crippen molar-refractivity contribution < 1.29 is 19.1 Å². The van der Waals surface area contributed by atoms with Crippen LogP contribution < -0.4 is 20.3 Å². The van der Waals surface area contributed by atoms with E-state index in [0.717, 1.165) is 5.56 Å². The van der Waals surface area contributed by atoms with Gasteiger partial charge >= 0.3 is 0 Å². The third kappa shape index (κ3) is 5.45. The van der Waals surface area contributed by atoms with E-state index in [9.17, 15) is 9.59 Å². The van der Waals surface area contributed by atoms with E-state index in [1.807, 2.05) is 36.4 Å². The summed E-state index contributed by atoms with van der Waals surface area (Å²) in [5, 5.41) is 8.00. The minimum absolute atomic E-state index is 0.239. The van der Waals surface area contributed by atoms with Crippen LogP contribution >= 0.6 is 0 Å².